The number of nitrogens with one attached hydrogen (secondary N) is 1. The monoisotopic (exact) mass is 267 g/mol. The van der Waals surface area contributed by atoms with Gasteiger partial charge in [-0.25, -0.2) is 8.78 Å². The van der Waals surface area contributed by atoms with E-state index in [-0.39, 0.29) is 11.6 Å². The van der Waals surface area contributed by atoms with Gasteiger partial charge in [-0.2, -0.15) is 0 Å². The van der Waals surface area contributed by atoms with Crippen molar-refractivity contribution in [2.75, 3.05) is 5.32 Å². The molecule has 0 heterocycles. The summed E-state index contributed by atoms with van der Waals surface area (Å²) in [7, 11) is 0. The first-order chi connectivity index (χ1) is 8.56. The molecule has 0 atom stereocenters. The SMILES string of the molecule is Cc1cc(NCc2cc(Cl)ccc2F)ccc1F. The van der Waals surface area contributed by atoms with E-state index in [0.29, 0.717) is 22.7 Å². The molecule has 0 aliphatic carbocycles. The summed E-state index contributed by atoms with van der Waals surface area (Å²) in [5, 5.41) is 3.52. The molecule has 0 saturated carbocycles. The largest absolute Gasteiger partial charge is 0.381 e. The second kappa shape index (κ2) is 5.36. The maximum absolute atomic E-state index is 13.5. The average molecular weight is 268 g/mol. The van der Waals surface area contributed by atoms with Gasteiger partial charge in [-0.3, -0.25) is 0 Å². The summed E-state index contributed by atoms with van der Waals surface area (Å²) in [4.78, 5) is 0. The highest BCUT2D eigenvalue weighted by Crippen LogP contribution is 2.18. The molecule has 2 aromatic carbocycles. The van der Waals surface area contributed by atoms with Crippen molar-refractivity contribution in [2.45, 2.75) is 13.5 Å². The molecule has 2 aromatic rings. The molecular formula is C14H12ClF2N. The van der Waals surface area contributed by atoms with Gasteiger partial charge in [-0.1, -0.05) is 11.6 Å². The van der Waals surface area contributed by atoms with Crippen molar-refractivity contribution in [3.05, 3.63) is 64.2 Å². The van der Waals surface area contributed by atoms with Crippen molar-refractivity contribution < 1.29 is 8.78 Å². The lowest BCUT2D eigenvalue weighted by molar-refractivity contribution is 0.612. The van der Waals surface area contributed by atoms with E-state index in [9.17, 15) is 8.78 Å². The molecule has 0 aromatic heterocycles. The number of halogens is 3. The maximum atomic E-state index is 13.5. The Bertz CT molecular complexity index is 570. The average Bonchev–Trinajstić information content (AvgIpc) is 2.34. The van der Waals surface area contributed by atoms with Crippen molar-refractivity contribution in [1.82, 2.24) is 0 Å². The quantitative estimate of drug-likeness (QED) is 0.861. The summed E-state index contributed by atoms with van der Waals surface area (Å²) < 4.78 is 26.5. The first-order valence-electron chi connectivity index (χ1n) is 5.50. The fraction of sp³-hybridized carbons (Fsp3) is 0.143. The van der Waals surface area contributed by atoms with E-state index >= 15 is 0 Å². The molecule has 2 rings (SSSR count). The Morgan fingerprint density at radius 1 is 1.06 bits per heavy atom. The Kier molecular flexibility index (Phi) is 3.82. The number of hydrogen-bond donors (Lipinski definition) is 1. The third-order valence-corrected chi connectivity index (χ3v) is 2.88. The van der Waals surface area contributed by atoms with Crippen LogP contribution in [0, 0.1) is 18.6 Å². The van der Waals surface area contributed by atoms with Crippen LogP contribution in [-0.2, 0) is 6.54 Å². The maximum Gasteiger partial charge on any atom is 0.128 e. The van der Waals surface area contributed by atoms with Crippen LogP contribution >= 0.6 is 11.6 Å². The number of aryl methyl sites for hydroxylation is 1. The van der Waals surface area contributed by atoms with E-state index < -0.39 is 0 Å². The van der Waals surface area contributed by atoms with Gasteiger partial charge in [0.05, 0.1) is 0 Å². The van der Waals surface area contributed by atoms with Crippen molar-refractivity contribution in [3.63, 3.8) is 0 Å². The van der Waals surface area contributed by atoms with E-state index in [1.165, 1.54) is 18.2 Å². The Morgan fingerprint density at radius 2 is 1.78 bits per heavy atom. The zero-order chi connectivity index (χ0) is 13.1. The van der Waals surface area contributed by atoms with Gasteiger partial charge < -0.3 is 5.32 Å². The normalized spacial score (nSPS) is 10.4. The zero-order valence-electron chi connectivity index (χ0n) is 9.81. The highest BCUT2D eigenvalue weighted by molar-refractivity contribution is 6.30. The van der Waals surface area contributed by atoms with Gasteiger partial charge in [0.25, 0.3) is 0 Å². The van der Waals surface area contributed by atoms with E-state index in [1.54, 1.807) is 25.1 Å². The molecule has 94 valence electrons. The van der Waals surface area contributed by atoms with Crippen LogP contribution in [0.15, 0.2) is 36.4 Å². The van der Waals surface area contributed by atoms with Gasteiger partial charge in [0.15, 0.2) is 0 Å². The molecular weight excluding hydrogens is 256 g/mol. The van der Waals surface area contributed by atoms with Crippen LogP contribution in [0.25, 0.3) is 0 Å². The summed E-state index contributed by atoms with van der Waals surface area (Å²) in [6.07, 6.45) is 0. The zero-order valence-corrected chi connectivity index (χ0v) is 10.6. The van der Waals surface area contributed by atoms with E-state index in [0.717, 1.165) is 5.69 Å². The lowest BCUT2D eigenvalue weighted by Crippen LogP contribution is -2.02. The molecule has 0 bridgehead atoms. The first-order valence-corrected chi connectivity index (χ1v) is 5.88. The lowest BCUT2D eigenvalue weighted by Gasteiger charge is -2.09. The second-order valence-electron chi connectivity index (χ2n) is 4.05. The van der Waals surface area contributed by atoms with Crippen molar-refractivity contribution in [1.29, 1.82) is 0 Å². The molecule has 4 heteroatoms. The summed E-state index contributed by atoms with van der Waals surface area (Å²) >= 11 is 5.80. The number of anilines is 1. The van der Waals surface area contributed by atoms with Crippen LogP contribution in [0.4, 0.5) is 14.5 Å². The number of benzene rings is 2. The Morgan fingerprint density at radius 3 is 2.50 bits per heavy atom. The number of rotatable bonds is 3. The summed E-state index contributed by atoms with van der Waals surface area (Å²) in [6, 6.07) is 9.08. The smallest absolute Gasteiger partial charge is 0.128 e. The summed E-state index contributed by atoms with van der Waals surface area (Å²) in [6.45, 7) is 1.98. The molecule has 0 fully saturated rings. The van der Waals surface area contributed by atoms with Gasteiger partial charge in [0, 0.05) is 22.8 Å². The fourth-order valence-electron chi connectivity index (χ4n) is 1.63. The molecule has 1 N–H and O–H groups in total. The summed E-state index contributed by atoms with van der Waals surface area (Å²) in [5.41, 5.74) is 1.77. The molecule has 0 spiro atoms. The molecule has 0 unspecified atom stereocenters. The topological polar surface area (TPSA) is 12.0 Å². The fourth-order valence-corrected chi connectivity index (χ4v) is 1.83. The minimum Gasteiger partial charge on any atom is -0.381 e. The minimum atomic E-state index is -0.314. The Labute approximate surface area is 109 Å². The third-order valence-electron chi connectivity index (χ3n) is 2.65. The van der Waals surface area contributed by atoms with Crippen molar-refractivity contribution >= 4 is 17.3 Å². The minimum absolute atomic E-state index is 0.255. The van der Waals surface area contributed by atoms with Gasteiger partial charge in [-0.15, -0.1) is 0 Å². The molecule has 0 saturated heterocycles. The third kappa shape index (κ3) is 2.99. The summed E-state index contributed by atoms with van der Waals surface area (Å²) in [5.74, 6) is -0.569. The van der Waals surface area contributed by atoms with Crippen LogP contribution in [0.1, 0.15) is 11.1 Å². The van der Waals surface area contributed by atoms with Crippen molar-refractivity contribution in [3.8, 4) is 0 Å². The van der Waals surface area contributed by atoms with Crippen molar-refractivity contribution in [2.24, 2.45) is 0 Å². The number of hydrogen-bond acceptors (Lipinski definition) is 1. The van der Waals surface area contributed by atoms with Crippen LogP contribution in [-0.4, -0.2) is 0 Å². The van der Waals surface area contributed by atoms with Gasteiger partial charge in [-0.05, 0) is 48.9 Å². The predicted molar refractivity (Wildman–Crippen MR) is 69.9 cm³/mol. The van der Waals surface area contributed by atoms with E-state index in [4.69, 9.17) is 11.6 Å². The highest BCUT2D eigenvalue weighted by atomic mass is 35.5. The first kappa shape index (κ1) is 12.8. The molecule has 0 aliphatic rings. The molecule has 0 amide bonds. The Hall–Kier alpha value is -1.61. The lowest BCUT2D eigenvalue weighted by atomic mass is 10.2. The molecule has 0 aliphatic heterocycles. The van der Waals surface area contributed by atoms with Crippen LogP contribution in [0.5, 0.6) is 0 Å². The van der Waals surface area contributed by atoms with Gasteiger partial charge >= 0.3 is 0 Å². The standard InChI is InChI=1S/C14H12ClF2N/c1-9-6-12(3-5-13(9)16)18-8-10-7-11(15)2-4-14(10)17/h2-7,18H,8H2,1H3. The predicted octanol–water partition coefficient (Wildman–Crippen LogP) is 4.54. The van der Waals surface area contributed by atoms with E-state index in [2.05, 4.69) is 5.32 Å². The highest BCUT2D eigenvalue weighted by Gasteiger charge is 2.04. The van der Waals surface area contributed by atoms with Crippen LogP contribution < -0.4 is 5.32 Å². The van der Waals surface area contributed by atoms with Crippen LogP contribution in [0.3, 0.4) is 0 Å². The van der Waals surface area contributed by atoms with E-state index in [1.807, 2.05) is 0 Å². The Balaban J connectivity index is 2.11. The van der Waals surface area contributed by atoms with Crippen LogP contribution in [0.2, 0.25) is 5.02 Å². The molecule has 0 radical (unpaired) electrons. The van der Waals surface area contributed by atoms with Gasteiger partial charge in [0.2, 0.25) is 0 Å². The molecule has 18 heavy (non-hydrogen) atoms. The molecule has 1 nitrogen and oxygen atoms in total. The second-order valence-corrected chi connectivity index (χ2v) is 4.49. The van der Waals surface area contributed by atoms with Gasteiger partial charge in [0.1, 0.15) is 11.6 Å².